The molecule has 1 aliphatic rings. The summed E-state index contributed by atoms with van der Waals surface area (Å²) in [5, 5.41) is 15.0. The Hall–Kier alpha value is -2.44. The second-order valence-electron chi connectivity index (χ2n) is 2.13. The molecule has 0 spiro atoms. The van der Waals surface area contributed by atoms with Gasteiger partial charge in [-0.15, -0.1) is 0 Å². The lowest BCUT2D eigenvalue weighted by Gasteiger charge is -1.80. The number of esters is 2. The van der Waals surface area contributed by atoms with E-state index in [1.54, 1.807) is 0 Å². The zero-order valence-electron chi connectivity index (χ0n) is 8.37. The van der Waals surface area contributed by atoms with Crippen LogP contribution >= 0.6 is 0 Å². The maximum Gasteiger partial charge on any atom is 0.338 e. The number of hydrogen-bond donors (Lipinski definition) is 2. The molecule has 0 radical (unpaired) electrons. The van der Waals surface area contributed by atoms with E-state index in [1.807, 2.05) is 0 Å². The van der Waals surface area contributed by atoms with Gasteiger partial charge in [0, 0.05) is 25.2 Å². The molecule has 0 unspecified atom stereocenters. The lowest BCUT2D eigenvalue weighted by molar-refractivity contribution is -0.150. The number of carbonyl (C=O) groups is 4. The van der Waals surface area contributed by atoms with Crippen molar-refractivity contribution in [1.29, 1.82) is 0 Å². The van der Waals surface area contributed by atoms with Crippen LogP contribution in [0.2, 0.25) is 0 Å². The van der Waals surface area contributed by atoms with Crippen molar-refractivity contribution in [3.8, 4) is 0 Å². The molecular weight excluding hydrogens is 220 g/mol. The summed E-state index contributed by atoms with van der Waals surface area (Å²) >= 11 is 0. The predicted octanol–water partition coefficient (Wildman–Crippen LogP) is -0.0261. The van der Waals surface area contributed by atoms with Crippen LogP contribution in [0.25, 0.3) is 0 Å². The van der Waals surface area contributed by atoms with Gasteiger partial charge in [0.2, 0.25) is 0 Å². The molecule has 88 valence electrons. The molecule has 1 heterocycles. The van der Waals surface area contributed by atoms with E-state index in [1.165, 1.54) is 0 Å². The Kier molecular flexibility index (Phi) is 9.13. The first kappa shape index (κ1) is 16.0. The minimum absolute atomic E-state index is 0.579. The van der Waals surface area contributed by atoms with Gasteiger partial charge >= 0.3 is 17.9 Å². The van der Waals surface area contributed by atoms with Crippen molar-refractivity contribution in [1.82, 2.24) is 0 Å². The summed E-state index contributed by atoms with van der Waals surface area (Å²) in [7, 11) is 0. The molecule has 0 aliphatic carbocycles. The molecule has 16 heavy (non-hydrogen) atoms. The van der Waals surface area contributed by atoms with Gasteiger partial charge in [-0.2, -0.15) is 0 Å². The molecule has 1 rings (SSSR count). The number of carboxylic acid groups (broad SMARTS) is 2. The molecule has 0 atom stereocenters. The fraction of sp³-hybridized carbons (Fsp3) is 0.111. The highest BCUT2D eigenvalue weighted by Crippen LogP contribution is 1.92. The Morgan fingerprint density at radius 2 is 1.50 bits per heavy atom. The number of carbonyl (C=O) groups excluding carboxylic acids is 2. The Bertz CT molecular complexity index is 307. The van der Waals surface area contributed by atoms with Gasteiger partial charge in [0.15, 0.2) is 0 Å². The second kappa shape index (κ2) is 9.13. The minimum Gasteiger partial charge on any atom is -0.481 e. The molecule has 1 aliphatic heterocycles. The summed E-state index contributed by atoms with van der Waals surface area (Å²) in [5.74, 6) is -2.97. The summed E-state index contributed by atoms with van der Waals surface area (Å²) in [5.41, 5.74) is 0. The molecule has 0 amide bonds. The van der Waals surface area contributed by atoms with E-state index in [0.717, 1.165) is 25.2 Å². The Morgan fingerprint density at radius 3 is 1.56 bits per heavy atom. The first-order chi connectivity index (χ1) is 7.29. The van der Waals surface area contributed by atoms with E-state index in [0.29, 0.717) is 0 Å². The molecule has 0 saturated carbocycles. The van der Waals surface area contributed by atoms with E-state index in [2.05, 4.69) is 11.3 Å². The highest BCUT2D eigenvalue weighted by atomic mass is 16.6. The van der Waals surface area contributed by atoms with Gasteiger partial charge in [-0.25, -0.2) is 14.4 Å². The average Bonchev–Trinajstić information content (AvgIpc) is 2.50. The lowest BCUT2D eigenvalue weighted by atomic mass is 10.6. The Balaban J connectivity index is 0. The molecule has 0 bridgehead atoms. The third kappa shape index (κ3) is 17.6. The van der Waals surface area contributed by atoms with E-state index in [-0.39, 0.29) is 0 Å². The minimum atomic E-state index is -0.981. The van der Waals surface area contributed by atoms with E-state index < -0.39 is 23.9 Å². The van der Waals surface area contributed by atoms with Crippen LogP contribution in [0.3, 0.4) is 0 Å². The topological polar surface area (TPSA) is 118 Å². The highest BCUT2D eigenvalue weighted by Gasteiger charge is 2.10. The summed E-state index contributed by atoms with van der Waals surface area (Å²) < 4.78 is 3.97. The Morgan fingerprint density at radius 1 is 1.25 bits per heavy atom. The van der Waals surface area contributed by atoms with E-state index in [4.69, 9.17) is 15.0 Å². The quantitative estimate of drug-likeness (QED) is 0.369. The smallest absolute Gasteiger partial charge is 0.338 e. The van der Waals surface area contributed by atoms with Crippen LogP contribution in [-0.2, 0) is 23.9 Å². The summed E-state index contributed by atoms with van der Waals surface area (Å²) in [6.45, 7) is 4.04. The third-order valence-electron chi connectivity index (χ3n) is 0.731. The van der Waals surface area contributed by atoms with Crippen LogP contribution < -0.4 is 0 Å². The molecule has 7 nitrogen and oxygen atoms in total. The van der Waals surface area contributed by atoms with E-state index >= 15 is 0 Å². The molecule has 2 N–H and O–H groups in total. The first-order valence-electron chi connectivity index (χ1n) is 3.78. The number of carboxylic acids is 2. The van der Waals surface area contributed by atoms with Gasteiger partial charge in [0.05, 0.1) is 0 Å². The fourth-order valence-corrected chi connectivity index (χ4v) is 0.303. The molecule has 0 saturated heterocycles. The number of cyclic esters (lactones) is 2. The zero-order valence-corrected chi connectivity index (χ0v) is 8.37. The largest absolute Gasteiger partial charge is 0.481 e. The second-order valence-corrected chi connectivity index (χ2v) is 2.13. The third-order valence-corrected chi connectivity index (χ3v) is 0.731. The van der Waals surface area contributed by atoms with Crippen LogP contribution in [0.4, 0.5) is 0 Å². The normalized spacial score (nSPS) is 11.3. The van der Waals surface area contributed by atoms with Gasteiger partial charge in [-0.3, -0.25) is 4.79 Å². The van der Waals surface area contributed by atoms with Crippen LogP contribution in [0.1, 0.15) is 6.92 Å². The summed E-state index contributed by atoms with van der Waals surface area (Å²) in [6.07, 6.45) is 3.00. The summed E-state index contributed by atoms with van der Waals surface area (Å²) in [6, 6.07) is 0. The van der Waals surface area contributed by atoms with Crippen molar-refractivity contribution in [2.24, 2.45) is 0 Å². The van der Waals surface area contributed by atoms with Crippen LogP contribution in [0, 0.1) is 0 Å². The monoisotopic (exact) mass is 230 g/mol. The van der Waals surface area contributed by atoms with Gasteiger partial charge in [0.1, 0.15) is 0 Å². The fourth-order valence-electron chi connectivity index (χ4n) is 0.303. The standard InChI is InChI=1S/C4H2O3.C3H4O2.C2H4O2/c5-3-1-2-4(6)7-3;1-2-3(4)5;1-2(3)4/h1-2H;2H,1H2,(H,4,5);1H3,(H,3,4). The van der Waals surface area contributed by atoms with Crippen molar-refractivity contribution >= 4 is 23.9 Å². The van der Waals surface area contributed by atoms with Gasteiger partial charge in [-0.05, 0) is 0 Å². The molecule has 0 aromatic carbocycles. The highest BCUT2D eigenvalue weighted by molar-refractivity contribution is 6.04. The Labute approximate surface area is 90.6 Å². The van der Waals surface area contributed by atoms with Crippen molar-refractivity contribution < 1.29 is 34.1 Å². The number of hydrogen-bond acceptors (Lipinski definition) is 5. The van der Waals surface area contributed by atoms with Crippen molar-refractivity contribution in [3.05, 3.63) is 24.8 Å². The van der Waals surface area contributed by atoms with E-state index in [9.17, 15) is 14.4 Å². The lowest BCUT2D eigenvalue weighted by Crippen LogP contribution is -1.96. The van der Waals surface area contributed by atoms with Crippen LogP contribution in [0.5, 0.6) is 0 Å². The molecular formula is C9H10O7. The maximum absolute atomic E-state index is 9.92. The average molecular weight is 230 g/mol. The summed E-state index contributed by atoms with van der Waals surface area (Å²) in [4.78, 5) is 38.1. The molecule has 0 aromatic heterocycles. The number of rotatable bonds is 1. The zero-order chi connectivity index (χ0) is 13.1. The molecule has 7 heteroatoms. The van der Waals surface area contributed by atoms with Gasteiger partial charge in [0.25, 0.3) is 5.97 Å². The SMILES string of the molecule is C=CC(=O)O.CC(=O)O.O=C1C=CC(=O)O1. The maximum atomic E-state index is 9.92. The molecule has 0 fully saturated rings. The van der Waals surface area contributed by atoms with Gasteiger partial charge < -0.3 is 14.9 Å². The first-order valence-corrected chi connectivity index (χ1v) is 3.78. The van der Waals surface area contributed by atoms with Crippen molar-refractivity contribution in [3.63, 3.8) is 0 Å². The van der Waals surface area contributed by atoms with Gasteiger partial charge in [-0.1, -0.05) is 6.58 Å². The number of ether oxygens (including phenoxy) is 1. The van der Waals surface area contributed by atoms with Crippen LogP contribution in [0.15, 0.2) is 24.8 Å². The van der Waals surface area contributed by atoms with Crippen molar-refractivity contribution in [2.45, 2.75) is 6.92 Å². The van der Waals surface area contributed by atoms with Crippen molar-refractivity contribution in [2.75, 3.05) is 0 Å². The van der Waals surface area contributed by atoms with Crippen LogP contribution in [-0.4, -0.2) is 34.1 Å². The predicted molar refractivity (Wildman–Crippen MR) is 51.4 cm³/mol. The molecule has 0 aromatic rings. The number of aliphatic carboxylic acids is 2.